The van der Waals surface area contributed by atoms with Crippen LogP contribution in [0.25, 0.3) is 0 Å². The maximum absolute atomic E-state index is 14.4. The summed E-state index contributed by atoms with van der Waals surface area (Å²) in [5.74, 6) is -27.6. The Kier molecular flexibility index (Phi) is 48.4. The molecular weight excluding hydrogens is 1710 g/mol. The predicted octanol–water partition coefficient (Wildman–Crippen LogP) is -6.31. The molecule has 48 heteroatoms. The number of H-pyrrole nitrogens is 1. The molecule has 0 saturated carbocycles. The van der Waals surface area contributed by atoms with Gasteiger partial charge in [-0.25, -0.2) is 9.78 Å². The first-order valence-corrected chi connectivity index (χ1v) is 42.4. The molecule has 0 aliphatic rings. The van der Waals surface area contributed by atoms with Crippen LogP contribution in [0.4, 0.5) is 0 Å². The van der Waals surface area contributed by atoms with Crippen LogP contribution in [0, 0.1) is 35.5 Å². The first kappa shape index (κ1) is 113. The number of rotatable bonds is 59. The Hall–Kier alpha value is -13.0. The third-order valence-electron chi connectivity index (χ3n) is 20.2. The number of nitrogens with two attached hydrogens (primary N) is 2. The summed E-state index contributed by atoms with van der Waals surface area (Å²) in [4.78, 5) is 288. The fourth-order valence-electron chi connectivity index (χ4n) is 12.6. The molecule has 130 heavy (non-hydrogen) atoms. The lowest BCUT2D eigenvalue weighted by atomic mass is 9.96. The molecular formula is C82H130N20O28. The third kappa shape index (κ3) is 41.0. The van der Waals surface area contributed by atoms with Gasteiger partial charge in [0.2, 0.25) is 100 Å². The second-order valence-corrected chi connectivity index (χ2v) is 33.5. The molecule has 0 fully saturated rings. The average Bonchev–Trinajstić information content (AvgIpc) is 0.963. The van der Waals surface area contributed by atoms with E-state index in [-0.39, 0.29) is 49.7 Å². The van der Waals surface area contributed by atoms with Gasteiger partial charge in [-0.1, -0.05) is 102 Å². The molecule has 0 radical (unpaired) electrons. The summed E-state index contributed by atoms with van der Waals surface area (Å²) in [7, 11) is 0. The number of hydrogen-bond donors (Lipinski definition) is 26. The predicted molar refractivity (Wildman–Crippen MR) is 459 cm³/mol. The van der Waals surface area contributed by atoms with E-state index in [2.05, 4.69) is 89.7 Å². The molecule has 0 unspecified atom stereocenters. The Morgan fingerprint density at radius 2 is 0.754 bits per heavy atom. The van der Waals surface area contributed by atoms with Crippen molar-refractivity contribution in [1.29, 1.82) is 0 Å². The summed E-state index contributed by atoms with van der Waals surface area (Å²) < 4.78 is 0. The fourth-order valence-corrected chi connectivity index (χ4v) is 12.6. The number of nitrogens with zero attached hydrogens (tertiary/aromatic N) is 1. The van der Waals surface area contributed by atoms with Gasteiger partial charge in [-0.3, -0.25) is 95.9 Å². The lowest BCUT2D eigenvalue weighted by Crippen LogP contribution is -2.63. The maximum atomic E-state index is 14.4. The maximum Gasteiger partial charge on any atom is 0.326 e. The van der Waals surface area contributed by atoms with Gasteiger partial charge in [0.15, 0.2) is 0 Å². The van der Waals surface area contributed by atoms with Crippen molar-refractivity contribution in [1.82, 2.24) is 95.0 Å². The van der Waals surface area contributed by atoms with Gasteiger partial charge >= 0.3 is 23.9 Å². The summed E-state index contributed by atoms with van der Waals surface area (Å²) >= 11 is 0. The zero-order valence-corrected chi connectivity index (χ0v) is 75.4. The van der Waals surface area contributed by atoms with Gasteiger partial charge in [0.25, 0.3) is 0 Å². The van der Waals surface area contributed by atoms with E-state index in [1.165, 1.54) is 92.2 Å². The summed E-state index contributed by atoms with van der Waals surface area (Å²) in [5.41, 5.74) is 11.9. The molecule has 1 heterocycles. The first-order chi connectivity index (χ1) is 60.6. The van der Waals surface area contributed by atoms with Crippen molar-refractivity contribution < 1.29 is 136 Å². The van der Waals surface area contributed by atoms with E-state index in [4.69, 9.17) is 11.5 Å². The zero-order valence-electron chi connectivity index (χ0n) is 75.4. The van der Waals surface area contributed by atoms with E-state index < -0.39 is 302 Å². The van der Waals surface area contributed by atoms with Gasteiger partial charge in [-0.2, -0.15) is 0 Å². The lowest BCUT2D eigenvalue weighted by Gasteiger charge is -2.30. The number of carbonyl (C=O) groups excluding carboxylic acids is 17. The first-order valence-electron chi connectivity index (χ1n) is 42.4. The number of phenolic OH excluding ortho intramolecular Hbond substituents is 1. The van der Waals surface area contributed by atoms with E-state index in [0.29, 0.717) is 17.7 Å². The lowest BCUT2D eigenvalue weighted by molar-refractivity contribution is -0.147. The zero-order chi connectivity index (χ0) is 99.0. The SMILES string of the molecule is CC[C@H](C)[C@H](NC(=O)[C@@H](N)[C@@H](C)O)C(=O)N[C@@H](CCC(N)=O)C(=O)N[C@@H](Cc1cnc[nH]1)C(=O)N[C@@H](CC(C)C)C(=O)NCC(=O)N[C@@H](Cc1ccc(O)cc1)C(=O)NCC(=O)N[C@H](C(=O)N[C@@H](C)C(=O)N[C@H](C(=O)N[C@@H](CCC(=O)O)C(=O)N[C@H](C(=O)N[C@H](C(=O)N[C@@H](CCC(=O)O)C(=O)N[C@@H](CC(C)C)C(=O)N[C@@H](CC(=O)O)C(=O)O)C(C)C)[C@@H](C)O)C(C)C)C(C)C. The largest absolute Gasteiger partial charge is 0.508 e. The van der Waals surface area contributed by atoms with E-state index in [1.807, 2.05) is 5.32 Å². The highest BCUT2D eigenvalue weighted by Gasteiger charge is 2.41. The quantitative estimate of drug-likeness (QED) is 0.0293. The standard InChI is InChI=1S/C82H130N20O28/c1-16-41(12)66(101-76(123)62(84)43(14)103)80(127)93-48(21-24-56(83)106)71(118)96-54(30-46-32-85-35-88-46)75(122)94-51(27-36(2)3)69(116)86-33-57(107)90-53(29-45-17-19-47(105)20-18-45)70(117)87-34-58(108)98-63(38(6)7)77(124)89-42(13)68(115)99-64(39(8)9)78(125)92-50(23-26-60(111)112)73(120)102-67(44(15)104)81(128)100-65(40(10)11)79(126)91-49(22-25-59(109)110)72(119)95-52(28-37(4)5)74(121)97-55(82(129)130)31-61(113)114/h17-20,32,35-44,48-55,62-67,103-105H,16,21-31,33-34,84H2,1-15H3,(H2,83,106)(H,85,88)(H,86,116)(H,87,117)(H,89,124)(H,90,107)(H,91,126)(H,92,125)(H,93,127)(H,94,122)(H,95,119)(H,96,118)(H,97,121)(H,98,108)(H,99,115)(H,100,128)(H,101,123)(H,102,120)(H,109,110)(H,111,112)(H,113,114)(H,129,130)/t41-,42-,43+,44+,48-,49-,50-,51-,52-,53-,54-,55-,62-,63-,64-,65-,66-,67-/m0/s1. The number of aromatic amines is 1. The summed E-state index contributed by atoms with van der Waals surface area (Å²) in [6.45, 7) is 20.6. The van der Waals surface area contributed by atoms with Gasteiger partial charge < -0.3 is 137 Å². The highest BCUT2D eigenvalue weighted by molar-refractivity contribution is 6.01. The smallest absolute Gasteiger partial charge is 0.326 e. The number of aromatic hydroxyl groups is 1. The molecule has 18 atom stereocenters. The molecule has 1 aromatic carbocycles. The van der Waals surface area contributed by atoms with E-state index in [0.717, 1.165) is 6.92 Å². The van der Waals surface area contributed by atoms with Crippen LogP contribution in [-0.2, 0) is 114 Å². The molecule has 48 nitrogen and oxygen atoms in total. The Morgan fingerprint density at radius 3 is 1.18 bits per heavy atom. The highest BCUT2D eigenvalue weighted by atomic mass is 16.4. The Morgan fingerprint density at radius 1 is 0.385 bits per heavy atom. The number of hydrogen-bond acceptors (Lipinski definition) is 26. The minimum atomic E-state index is -2.00. The Balaban J connectivity index is 2.34. The number of carbonyl (C=O) groups is 21. The number of aromatic nitrogens is 2. The minimum Gasteiger partial charge on any atom is -0.508 e. The number of aliphatic carboxylic acids is 4. The van der Waals surface area contributed by atoms with Crippen LogP contribution in [0.2, 0.25) is 0 Å². The van der Waals surface area contributed by atoms with Crippen LogP contribution in [0.3, 0.4) is 0 Å². The molecule has 0 saturated heterocycles. The minimum absolute atomic E-state index is 0.0605. The molecule has 2 rings (SSSR count). The average molecular weight is 1840 g/mol. The summed E-state index contributed by atoms with van der Waals surface area (Å²) in [5, 5.41) is 107. The fraction of sp³-hybridized carbons (Fsp3) is 0.634. The van der Waals surface area contributed by atoms with Crippen molar-refractivity contribution in [2.75, 3.05) is 13.1 Å². The van der Waals surface area contributed by atoms with Gasteiger partial charge in [-0.05, 0) is 106 Å². The van der Waals surface area contributed by atoms with Gasteiger partial charge in [0, 0.05) is 44.0 Å². The molecule has 0 aliphatic carbocycles. The van der Waals surface area contributed by atoms with Crippen molar-refractivity contribution >= 4 is 124 Å². The van der Waals surface area contributed by atoms with Crippen LogP contribution in [0.5, 0.6) is 5.75 Å². The molecule has 17 amide bonds. The number of benzene rings is 1. The van der Waals surface area contributed by atoms with Crippen molar-refractivity contribution in [3.63, 3.8) is 0 Å². The number of aliphatic hydroxyl groups excluding tert-OH is 2. The van der Waals surface area contributed by atoms with Gasteiger partial charge in [0.1, 0.15) is 96.4 Å². The van der Waals surface area contributed by atoms with Crippen LogP contribution < -0.4 is 96.5 Å². The van der Waals surface area contributed by atoms with Crippen LogP contribution in [0.1, 0.15) is 179 Å². The van der Waals surface area contributed by atoms with Crippen molar-refractivity contribution in [2.24, 2.45) is 47.0 Å². The van der Waals surface area contributed by atoms with Crippen molar-refractivity contribution in [2.45, 2.75) is 284 Å². The number of phenols is 1. The Bertz CT molecular complexity index is 4240. The van der Waals surface area contributed by atoms with Gasteiger partial charge in [0.05, 0.1) is 38.0 Å². The van der Waals surface area contributed by atoms with Crippen LogP contribution >= 0.6 is 0 Å². The number of amides is 17. The third-order valence-corrected chi connectivity index (χ3v) is 20.2. The molecule has 0 bridgehead atoms. The highest BCUT2D eigenvalue weighted by Crippen LogP contribution is 2.18. The van der Waals surface area contributed by atoms with Crippen LogP contribution in [0.15, 0.2) is 36.8 Å². The van der Waals surface area contributed by atoms with Crippen molar-refractivity contribution in [3.05, 3.63) is 48.0 Å². The second kappa shape index (κ2) is 55.7. The molecule has 0 aliphatic heterocycles. The number of carboxylic acids is 4. The topological polar surface area (TPSA) is 773 Å². The van der Waals surface area contributed by atoms with E-state index >= 15 is 0 Å². The number of nitrogens with one attached hydrogen (secondary N) is 17. The second-order valence-electron chi connectivity index (χ2n) is 33.5. The number of aliphatic hydroxyl groups is 2. The van der Waals surface area contributed by atoms with Crippen molar-refractivity contribution in [3.8, 4) is 5.75 Å². The molecule has 28 N–H and O–H groups in total. The Labute approximate surface area is 750 Å². The summed E-state index contributed by atoms with van der Waals surface area (Å²) in [6, 6.07) is -18.7. The number of imidazole rings is 1. The number of carboxylic acid groups (broad SMARTS) is 4. The summed E-state index contributed by atoms with van der Waals surface area (Å²) in [6.07, 6.45) is -5.70. The number of primary amides is 1. The van der Waals surface area contributed by atoms with Gasteiger partial charge in [-0.15, -0.1) is 0 Å². The molecule has 1 aromatic heterocycles. The normalized spacial score (nSPS) is 15.4. The molecule has 2 aromatic rings. The molecule has 0 spiro atoms. The monoisotopic (exact) mass is 1840 g/mol. The van der Waals surface area contributed by atoms with E-state index in [9.17, 15) is 136 Å². The molecule has 726 valence electrons. The van der Waals surface area contributed by atoms with Crippen LogP contribution in [-0.4, -0.2) is 286 Å². The van der Waals surface area contributed by atoms with E-state index in [1.54, 1.807) is 41.5 Å².